The predicted molar refractivity (Wildman–Crippen MR) is 79.5 cm³/mol. The molecule has 3 rings (SSSR count). The van der Waals surface area contributed by atoms with Crippen LogP contribution in [0.5, 0.6) is 5.75 Å². The number of rotatable bonds is 2. The van der Waals surface area contributed by atoms with Crippen molar-refractivity contribution in [2.24, 2.45) is 0 Å². The minimum absolute atomic E-state index is 0.00539. The Bertz CT molecular complexity index is 532. The molecule has 0 unspecified atom stereocenters. The average molecular weight is 290 g/mol. The maximum Gasteiger partial charge on any atom is 0.318 e. The molecule has 1 saturated heterocycles. The van der Waals surface area contributed by atoms with Gasteiger partial charge < -0.3 is 19.7 Å². The van der Waals surface area contributed by atoms with Gasteiger partial charge in [-0.1, -0.05) is 12.1 Å². The van der Waals surface area contributed by atoms with Gasteiger partial charge in [-0.25, -0.2) is 4.79 Å². The lowest BCUT2D eigenvalue weighted by molar-refractivity contribution is 0.111. The molecule has 0 spiro atoms. The monoisotopic (exact) mass is 290 g/mol. The van der Waals surface area contributed by atoms with Crippen molar-refractivity contribution in [3.05, 3.63) is 29.3 Å². The molecule has 0 radical (unpaired) electrons. The summed E-state index contributed by atoms with van der Waals surface area (Å²) in [4.78, 5) is 14.3. The zero-order chi connectivity index (χ0) is 14.8. The van der Waals surface area contributed by atoms with Crippen LogP contribution in [0.15, 0.2) is 18.2 Å². The van der Waals surface area contributed by atoms with Crippen molar-refractivity contribution < 1.29 is 14.3 Å². The van der Waals surface area contributed by atoms with E-state index in [-0.39, 0.29) is 18.2 Å². The number of carbonyl (C=O) groups excluding carboxylic acids is 1. The van der Waals surface area contributed by atoms with Gasteiger partial charge in [0.15, 0.2) is 0 Å². The average Bonchev–Trinajstić information content (AvgIpc) is 2.91. The first-order valence-electron chi connectivity index (χ1n) is 7.51. The highest BCUT2D eigenvalue weighted by molar-refractivity contribution is 5.75. The predicted octanol–water partition coefficient (Wildman–Crippen LogP) is 1.94. The highest BCUT2D eigenvalue weighted by Crippen LogP contribution is 2.27. The molecular formula is C16H22N2O3. The number of ether oxygens (including phenoxy) is 2. The van der Waals surface area contributed by atoms with Crippen LogP contribution in [-0.2, 0) is 17.7 Å². The van der Waals surface area contributed by atoms with E-state index < -0.39 is 0 Å². The molecule has 1 N–H and O–H groups in total. The molecule has 2 atom stereocenters. The van der Waals surface area contributed by atoms with E-state index in [0.29, 0.717) is 6.54 Å². The molecule has 2 aliphatic rings. The standard InChI is InChI=1S/C16H22N2O3/c1-11-14(7-9-21-11)17-16(19)18-8-6-13-12(10-18)4-3-5-15(13)20-2/h3-5,11,14H,6-10H2,1-2H3,(H,17,19)/t11-,14+/m0/s1. The van der Waals surface area contributed by atoms with Crippen LogP contribution in [0.4, 0.5) is 4.79 Å². The zero-order valence-electron chi connectivity index (χ0n) is 12.6. The van der Waals surface area contributed by atoms with Crippen molar-refractivity contribution in [1.29, 1.82) is 0 Å². The Kier molecular flexibility index (Phi) is 4.01. The summed E-state index contributed by atoms with van der Waals surface area (Å²) in [7, 11) is 1.69. The van der Waals surface area contributed by atoms with Crippen LogP contribution >= 0.6 is 0 Å². The maximum absolute atomic E-state index is 12.4. The van der Waals surface area contributed by atoms with Crippen molar-refractivity contribution in [3.8, 4) is 5.75 Å². The highest BCUT2D eigenvalue weighted by atomic mass is 16.5. The van der Waals surface area contributed by atoms with E-state index in [2.05, 4.69) is 11.4 Å². The number of hydrogen-bond acceptors (Lipinski definition) is 3. The Hall–Kier alpha value is -1.75. The number of amides is 2. The van der Waals surface area contributed by atoms with Gasteiger partial charge in [0.1, 0.15) is 5.75 Å². The minimum Gasteiger partial charge on any atom is -0.496 e. The van der Waals surface area contributed by atoms with E-state index >= 15 is 0 Å². The van der Waals surface area contributed by atoms with Crippen LogP contribution in [0.3, 0.4) is 0 Å². The smallest absolute Gasteiger partial charge is 0.318 e. The lowest BCUT2D eigenvalue weighted by Crippen LogP contribution is -2.48. The van der Waals surface area contributed by atoms with Gasteiger partial charge in [-0.2, -0.15) is 0 Å². The van der Waals surface area contributed by atoms with Gasteiger partial charge in [-0.3, -0.25) is 0 Å². The van der Waals surface area contributed by atoms with Gasteiger partial charge in [0, 0.05) is 25.3 Å². The SMILES string of the molecule is COc1cccc2c1CCN(C(=O)N[C@@H]1CCO[C@H]1C)C2. The van der Waals surface area contributed by atoms with E-state index in [1.54, 1.807) is 7.11 Å². The van der Waals surface area contributed by atoms with E-state index in [9.17, 15) is 4.79 Å². The van der Waals surface area contributed by atoms with Gasteiger partial charge >= 0.3 is 6.03 Å². The summed E-state index contributed by atoms with van der Waals surface area (Å²) >= 11 is 0. The number of nitrogens with zero attached hydrogens (tertiary/aromatic N) is 1. The van der Waals surface area contributed by atoms with Crippen LogP contribution in [0.2, 0.25) is 0 Å². The molecule has 1 aromatic rings. The normalized spacial score (nSPS) is 24.6. The summed E-state index contributed by atoms with van der Waals surface area (Å²) in [6.45, 7) is 4.10. The van der Waals surface area contributed by atoms with Crippen LogP contribution in [0, 0.1) is 0 Å². The van der Waals surface area contributed by atoms with Crippen LogP contribution in [0.25, 0.3) is 0 Å². The number of nitrogens with one attached hydrogen (secondary N) is 1. The first kappa shape index (κ1) is 14.2. The Morgan fingerprint density at radius 2 is 2.33 bits per heavy atom. The van der Waals surface area contributed by atoms with Crippen molar-refractivity contribution in [3.63, 3.8) is 0 Å². The number of benzene rings is 1. The molecule has 5 nitrogen and oxygen atoms in total. The molecule has 1 aromatic carbocycles. The van der Waals surface area contributed by atoms with Crippen molar-refractivity contribution in [2.45, 2.75) is 38.5 Å². The molecule has 5 heteroatoms. The van der Waals surface area contributed by atoms with E-state index in [1.165, 1.54) is 11.1 Å². The van der Waals surface area contributed by atoms with Gasteiger partial charge in [0.25, 0.3) is 0 Å². The van der Waals surface area contributed by atoms with Crippen molar-refractivity contribution in [2.75, 3.05) is 20.3 Å². The van der Waals surface area contributed by atoms with Crippen LogP contribution in [-0.4, -0.2) is 43.3 Å². The number of fused-ring (bicyclic) bond motifs is 1. The molecule has 21 heavy (non-hydrogen) atoms. The first-order valence-corrected chi connectivity index (χ1v) is 7.51. The topological polar surface area (TPSA) is 50.8 Å². The lowest BCUT2D eigenvalue weighted by atomic mass is 9.99. The van der Waals surface area contributed by atoms with Crippen LogP contribution < -0.4 is 10.1 Å². The molecule has 0 bridgehead atoms. The molecule has 0 saturated carbocycles. The Balaban J connectivity index is 1.67. The van der Waals surface area contributed by atoms with E-state index in [1.807, 2.05) is 24.0 Å². The Morgan fingerprint density at radius 1 is 1.48 bits per heavy atom. The van der Waals surface area contributed by atoms with Crippen molar-refractivity contribution >= 4 is 6.03 Å². The third kappa shape index (κ3) is 2.83. The summed E-state index contributed by atoms with van der Waals surface area (Å²) < 4.78 is 10.9. The molecule has 2 amide bonds. The maximum atomic E-state index is 12.4. The summed E-state index contributed by atoms with van der Waals surface area (Å²) in [6, 6.07) is 6.16. The third-order valence-corrected chi connectivity index (χ3v) is 4.42. The fraction of sp³-hybridized carbons (Fsp3) is 0.562. The fourth-order valence-electron chi connectivity index (χ4n) is 3.11. The minimum atomic E-state index is 0.00539. The van der Waals surface area contributed by atoms with Gasteiger partial charge in [-0.05, 0) is 31.4 Å². The highest BCUT2D eigenvalue weighted by Gasteiger charge is 2.29. The van der Waals surface area contributed by atoms with Crippen molar-refractivity contribution in [1.82, 2.24) is 10.2 Å². The Morgan fingerprint density at radius 3 is 3.05 bits per heavy atom. The molecule has 1 fully saturated rings. The molecular weight excluding hydrogens is 268 g/mol. The molecule has 0 aliphatic carbocycles. The second-order valence-electron chi connectivity index (χ2n) is 5.69. The van der Waals surface area contributed by atoms with Gasteiger partial charge in [-0.15, -0.1) is 0 Å². The quantitative estimate of drug-likeness (QED) is 0.905. The molecule has 2 heterocycles. The summed E-state index contributed by atoms with van der Waals surface area (Å²) in [5, 5.41) is 3.09. The van der Waals surface area contributed by atoms with E-state index in [0.717, 1.165) is 31.7 Å². The molecule has 0 aromatic heterocycles. The summed E-state index contributed by atoms with van der Waals surface area (Å²) in [5.41, 5.74) is 2.40. The summed E-state index contributed by atoms with van der Waals surface area (Å²) in [6.07, 6.45) is 1.83. The van der Waals surface area contributed by atoms with Crippen LogP contribution in [0.1, 0.15) is 24.5 Å². The molecule has 2 aliphatic heterocycles. The Labute approximate surface area is 125 Å². The second kappa shape index (κ2) is 5.93. The molecule has 114 valence electrons. The fourth-order valence-corrected chi connectivity index (χ4v) is 3.11. The number of methoxy groups -OCH3 is 1. The zero-order valence-corrected chi connectivity index (χ0v) is 12.6. The largest absolute Gasteiger partial charge is 0.496 e. The number of hydrogen-bond donors (Lipinski definition) is 1. The number of carbonyl (C=O) groups is 1. The van der Waals surface area contributed by atoms with Gasteiger partial charge in [0.05, 0.1) is 19.3 Å². The van der Waals surface area contributed by atoms with E-state index in [4.69, 9.17) is 9.47 Å². The first-order chi connectivity index (χ1) is 10.2. The lowest BCUT2D eigenvalue weighted by Gasteiger charge is -2.31. The third-order valence-electron chi connectivity index (χ3n) is 4.42. The number of urea groups is 1. The summed E-state index contributed by atoms with van der Waals surface area (Å²) in [5.74, 6) is 0.922. The second-order valence-corrected chi connectivity index (χ2v) is 5.69. The van der Waals surface area contributed by atoms with Gasteiger partial charge in [0.2, 0.25) is 0 Å².